The molecule has 36 heavy (non-hydrogen) atoms. The van der Waals surface area contributed by atoms with Crippen LogP contribution in [-0.4, -0.2) is 0 Å². The molecule has 0 N–H and O–H groups in total. The zero-order chi connectivity index (χ0) is 24.8. The van der Waals surface area contributed by atoms with Crippen LogP contribution in [-0.2, 0) is 10.8 Å². The van der Waals surface area contributed by atoms with Crippen LogP contribution in [0.25, 0.3) is 32.9 Å². The van der Waals surface area contributed by atoms with Crippen LogP contribution < -0.4 is 18.8 Å². The molecule has 1 spiro atoms. The largest absolute Gasteiger partial charge is 0.444 e. The summed E-state index contributed by atoms with van der Waals surface area (Å²) >= 11 is 0. The smallest absolute Gasteiger partial charge is 0.318 e. The van der Waals surface area contributed by atoms with Crippen LogP contribution in [0.2, 0.25) is 0 Å². The first kappa shape index (κ1) is 20.4. The fourth-order valence-corrected chi connectivity index (χ4v) is 6.51. The highest BCUT2D eigenvalue weighted by Crippen LogP contribution is 2.61. The second-order valence-corrected chi connectivity index (χ2v) is 12.6. The molecule has 4 nitrogen and oxygen atoms in total. The molecule has 0 amide bonds. The molecule has 0 radical (unpaired) electrons. The maximum absolute atomic E-state index is 6.80. The van der Waals surface area contributed by atoms with Gasteiger partial charge in [-0.2, -0.15) is 0 Å². The van der Waals surface area contributed by atoms with E-state index in [9.17, 15) is 0 Å². The standard InChI is InChI=1S/C32H30N3O/c1-31(2,3)21-13-15-33-24(17-21)23-16-22(32(4,5)6)18-26-29(23)35(33)30-25(36-26)12-11-19-9-10-20-8-7-14-34(35)28(20)27(19)30/h7-18H,1-6H3/q+3. The lowest BCUT2D eigenvalue weighted by molar-refractivity contribution is -1.02. The van der Waals surface area contributed by atoms with Crippen LogP contribution in [0.4, 0.5) is 11.4 Å². The molecule has 1 unspecified atom stereocenters. The van der Waals surface area contributed by atoms with E-state index in [-0.39, 0.29) is 10.8 Å². The number of hydrogen-bond acceptors (Lipinski definition) is 1. The summed E-state index contributed by atoms with van der Waals surface area (Å²) in [5.74, 6) is 1.88. The maximum atomic E-state index is 6.80. The van der Waals surface area contributed by atoms with Gasteiger partial charge in [0.25, 0.3) is 11.2 Å². The lowest BCUT2D eigenvalue weighted by Crippen LogP contribution is -2.81. The van der Waals surface area contributed by atoms with Crippen LogP contribution in [0.1, 0.15) is 52.7 Å². The van der Waals surface area contributed by atoms with E-state index >= 15 is 0 Å². The van der Waals surface area contributed by atoms with Gasteiger partial charge in [-0.15, -0.1) is 0 Å². The molecule has 1 atom stereocenters. The Morgan fingerprint density at radius 2 is 1.42 bits per heavy atom. The fraction of sp³-hybridized carbons (Fsp3) is 0.250. The van der Waals surface area contributed by atoms with Crippen molar-refractivity contribution in [3.05, 3.63) is 84.2 Å². The number of rotatable bonds is 0. The topological polar surface area (TPSA) is 17.0 Å². The molecule has 3 aromatic carbocycles. The Hall–Kier alpha value is -3.76. The van der Waals surface area contributed by atoms with Gasteiger partial charge in [0.1, 0.15) is 10.9 Å². The molecule has 5 aromatic rings. The second kappa shape index (κ2) is 5.96. The molecule has 8 rings (SSSR count). The molecule has 3 aliphatic heterocycles. The molecule has 0 saturated heterocycles. The molecule has 0 aliphatic carbocycles. The van der Waals surface area contributed by atoms with Crippen molar-refractivity contribution >= 4 is 33.1 Å². The van der Waals surface area contributed by atoms with Gasteiger partial charge in [-0.25, -0.2) is 0 Å². The monoisotopic (exact) mass is 472 g/mol. The number of nitrogens with zero attached hydrogens (tertiary/aromatic N) is 3. The van der Waals surface area contributed by atoms with E-state index in [1.54, 1.807) is 0 Å². The van der Waals surface area contributed by atoms with Crippen molar-refractivity contribution in [1.82, 2.24) is 4.70 Å². The van der Waals surface area contributed by atoms with Gasteiger partial charge in [0.15, 0.2) is 4.70 Å². The van der Waals surface area contributed by atoms with E-state index in [1.807, 2.05) is 0 Å². The molecule has 3 aliphatic rings. The van der Waals surface area contributed by atoms with Gasteiger partial charge in [0.05, 0.1) is 14.7 Å². The summed E-state index contributed by atoms with van der Waals surface area (Å²) in [5, 5.41) is 3.77. The van der Waals surface area contributed by atoms with E-state index in [0.29, 0.717) is 4.70 Å². The lowest BCUT2D eigenvalue weighted by Gasteiger charge is -2.26. The van der Waals surface area contributed by atoms with Crippen molar-refractivity contribution in [3.8, 4) is 22.8 Å². The zero-order valence-corrected chi connectivity index (χ0v) is 21.7. The van der Waals surface area contributed by atoms with Crippen molar-refractivity contribution in [2.45, 2.75) is 52.4 Å². The van der Waals surface area contributed by atoms with Crippen molar-refractivity contribution in [2.75, 3.05) is 0 Å². The van der Waals surface area contributed by atoms with Crippen molar-refractivity contribution in [3.63, 3.8) is 0 Å². The van der Waals surface area contributed by atoms with Gasteiger partial charge >= 0.3 is 11.4 Å². The van der Waals surface area contributed by atoms with Gasteiger partial charge in [-0.3, -0.25) is 0 Å². The highest BCUT2D eigenvalue weighted by molar-refractivity contribution is 6.14. The molecule has 0 fully saturated rings. The highest BCUT2D eigenvalue weighted by Gasteiger charge is 2.71. The van der Waals surface area contributed by atoms with Crippen molar-refractivity contribution < 1.29 is 14.1 Å². The summed E-state index contributed by atoms with van der Waals surface area (Å²) in [6, 6.07) is 22.6. The molecule has 176 valence electrons. The quantitative estimate of drug-likeness (QED) is 0.130. The number of ether oxygens (including phenoxy) is 1. The zero-order valence-electron chi connectivity index (χ0n) is 21.7. The Kier molecular flexibility index (Phi) is 3.38. The first-order chi connectivity index (χ1) is 17.1. The third-order valence-electron chi connectivity index (χ3n) is 8.34. The van der Waals surface area contributed by atoms with Gasteiger partial charge in [0, 0.05) is 18.2 Å². The van der Waals surface area contributed by atoms with Crippen LogP contribution >= 0.6 is 0 Å². The second-order valence-electron chi connectivity index (χ2n) is 12.6. The highest BCUT2D eigenvalue weighted by atomic mass is 16.5. The average Bonchev–Trinajstić information content (AvgIpc) is 3.31. The van der Waals surface area contributed by atoms with Crippen LogP contribution in [0.5, 0.6) is 11.5 Å². The van der Waals surface area contributed by atoms with E-state index in [0.717, 1.165) is 11.5 Å². The average molecular weight is 473 g/mol. The molecule has 0 bridgehead atoms. The number of fused-ring (bicyclic) bond motifs is 2. The minimum Gasteiger partial charge on any atom is -0.444 e. The lowest BCUT2D eigenvalue weighted by atomic mass is 9.84. The Bertz CT molecular complexity index is 1840. The van der Waals surface area contributed by atoms with E-state index in [4.69, 9.17) is 4.74 Å². The summed E-state index contributed by atoms with van der Waals surface area (Å²) in [5.41, 5.74) is 8.82. The minimum atomic E-state index is 0.000137. The van der Waals surface area contributed by atoms with Crippen LogP contribution in [0.15, 0.2) is 73.1 Å². The number of hydrogen-bond donors (Lipinski definition) is 0. The Labute approximate surface area is 211 Å². The van der Waals surface area contributed by atoms with Gasteiger partial charge < -0.3 is 4.74 Å². The number of benzene rings is 3. The van der Waals surface area contributed by atoms with E-state index in [2.05, 4.69) is 124 Å². The maximum Gasteiger partial charge on any atom is 0.318 e. The number of quaternary nitrogens is 1. The van der Waals surface area contributed by atoms with Crippen molar-refractivity contribution in [2.24, 2.45) is 0 Å². The first-order valence-corrected chi connectivity index (χ1v) is 12.8. The first-order valence-electron chi connectivity index (χ1n) is 12.8. The summed E-state index contributed by atoms with van der Waals surface area (Å²) in [7, 11) is 0. The van der Waals surface area contributed by atoms with Crippen molar-refractivity contribution in [1.29, 1.82) is 0 Å². The Balaban J connectivity index is 1.62. The predicted octanol–water partition coefficient (Wildman–Crippen LogP) is 7.13. The molecular formula is C32H30N3O+3. The SMILES string of the molecule is CC(C)(C)c1cc2c3c(c1)-c1cc(C(C)(C)C)cc[n+]1[N+]31c3c(ccc4ccc5ccc[n+]1c5c34)O2. The van der Waals surface area contributed by atoms with Gasteiger partial charge in [-0.1, -0.05) is 47.6 Å². The predicted molar refractivity (Wildman–Crippen MR) is 143 cm³/mol. The molecular weight excluding hydrogens is 442 g/mol. The normalized spacial score (nSPS) is 18.6. The summed E-state index contributed by atoms with van der Waals surface area (Å²) < 4.78 is 12.2. The molecule has 4 heteroatoms. The summed E-state index contributed by atoms with van der Waals surface area (Å²) in [4.78, 5) is 0. The Morgan fingerprint density at radius 3 is 2.19 bits per heavy atom. The minimum absolute atomic E-state index is 0.000137. The molecule has 5 heterocycles. The van der Waals surface area contributed by atoms with Crippen LogP contribution in [0, 0.1) is 0 Å². The summed E-state index contributed by atoms with van der Waals surface area (Å²) in [6.07, 6.45) is 4.53. The van der Waals surface area contributed by atoms with Gasteiger partial charge in [-0.05, 0) is 63.7 Å². The number of pyridine rings is 2. The molecule has 0 saturated carbocycles. The third kappa shape index (κ3) is 2.17. The third-order valence-corrected chi connectivity index (χ3v) is 8.34. The molecule has 2 aromatic heterocycles. The fourth-order valence-electron chi connectivity index (χ4n) is 6.51. The van der Waals surface area contributed by atoms with Gasteiger partial charge in [0.2, 0.25) is 23.9 Å². The summed E-state index contributed by atoms with van der Waals surface area (Å²) in [6.45, 7) is 13.7. The van der Waals surface area contributed by atoms with Crippen LogP contribution in [0.3, 0.4) is 0 Å². The Morgan fingerprint density at radius 1 is 0.667 bits per heavy atom. The number of aromatic nitrogens is 2. The van der Waals surface area contributed by atoms with E-state index in [1.165, 1.54) is 55.4 Å². The van der Waals surface area contributed by atoms with E-state index < -0.39 is 0 Å².